The second kappa shape index (κ2) is 8.08. The highest BCUT2D eigenvalue weighted by Crippen LogP contribution is 2.36. The molecule has 2 aromatic rings. The maximum absolute atomic E-state index is 14.7. The summed E-state index contributed by atoms with van der Waals surface area (Å²) in [6.07, 6.45) is 1.19. The molecule has 0 bridgehead atoms. The summed E-state index contributed by atoms with van der Waals surface area (Å²) in [7, 11) is -2.76. The Bertz CT molecular complexity index is 1040. The van der Waals surface area contributed by atoms with E-state index in [-0.39, 0.29) is 30.8 Å². The molecular weight excluding hydrogens is 393 g/mol. The van der Waals surface area contributed by atoms with Crippen molar-refractivity contribution in [1.82, 2.24) is 4.31 Å². The number of alkyl halides is 1. The third-order valence-corrected chi connectivity index (χ3v) is 7.32. The first-order valence-electron chi connectivity index (χ1n) is 9.33. The van der Waals surface area contributed by atoms with Crippen molar-refractivity contribution in [2.75, 3.05) is 20.2 Å². The molecule has 7 heteroatoms. The molecule has 0 unspecified atom stereocenters. The van der Waals surface area contributed by atoms with Crippen molar-refractivity contribution >= 4 is 22.1 Å². The van der Waals surface area contributed by atoms with E-state index in [1.165, 1.54) is 4.31 Å². The number of carbonyl (C=O) groups is 1. The monoisotopic (exact) mass is 417 g/mol. The number of hydrogen-bond acceptors (Lipinski definition) is 4. The number of piperidine rings is 1. The van der Waals surface area contributed by atoms with Gasteiger partial charge in [0.2, 0.25) is 15.7 Å². The molecule has 0 aromatic heterocycles. The van der Waals surface area contributed by atoms with E-state index >= 15 is 0 Å². The predicted octanol–water partition coefficient (Wildman–Crippen LogP) is 3.97. The van der Waals surface area contributed by atoms with E-state index in [4.69, 9.17) is 0 Å². The summed E-state index contributed by atoms with van der Waals surface area (Å²) < 4.78 is 47.3. The van der Waals surface area contributed by atoms with Crippen molar-refractivity contribution in [3.63, 3.8) is 0 Å². The minimum atomic E-state index is -3.88. The van der Waals surface area contributed by atoms with Crippen LogP contribution in [0.15, 0.2) is 53.9 Å². The smallest absolute Gasteiger partial charge is 0.343 e. The minimum Gasteiger partial charge on any atom is -0.467 e. The standard InChI is InChI=1S/C22H24FNO4S/c1-4-17-9-10-20(19(15-17)18-8-6-5-7-16(18)2)29(26,27)24-13-11-22(23,12-14-24)21(25)28-3/h4-10,15H,1,11-14H2,2-3H3. The number of hydrogen-bond donors (Lipinski definition) is 0. The van der Waals surface area contributed by atoms with Gasteiger partial charge < -0.3 is 4.74 Å². The summed E-state index contributed by atoms with van der Waals surface area (Å²) in [4.78, 5) is 11.8. The first-order valence-corrected chi connectivity index (χ1v) is 10.8. The number of benzene rings is 2. The van der Waals surface area contributed by atoms with Crippen LogP contribution in [0.4, 0.5) is 4.39 Å². The number of aryl methyl sites for hydroxylation is 1. The van der Waals surface area contributed by atoms with Gasteiger partial charge in [-0.3, -0.25) is 0 Å². The number of carbonyl (C=O) groups excluding carboxylic acids is 1. The Labute approximate surface area is 170 Å². The average Bonchev–Trinajstić information content (AvgIpc) is 2.73. The van der Waals surface area contributed by atoms with Gasteiger partial charge in [0.05, 0.1) is 12.0 Å². The van der Waals surface area contributed by atoms with Gasteiger partial charge in [0.1, 0.15) is 0 Å². The molecule has 0 saturated carbocycles. The zero-order valence-corrected chi connectivity index (χ0v) is 17.3. The van der Waals surface area contributed by atoms with E-state index in [1.54, 1.807) is 24.3 Å². The fraction of sp³-hybridized carbons (Fsp3) is 0.318. The molecule has 1 aliphatic heterocycles. The zero-order chi connectivity index (χ0) is 21.2. The van der Waals surface area contributed by atoms with E-state index in [1.807, 2.05) is 31.2 Å². The van der Waals surface area contributed by atoms with Crippen LogP contribution in [-0.2, 0) is 19.6 Å². The molecule has 0 spiro atoms. The molecule has 1 aliphatic rings. The number of halogens is 1. The SMILES string of the molecule is C=Cc1ccc(S(=O)(=O)N2CCC(F)(C(=O)OC)CC2)c(-c2ccccc2C)c1. The van der Waals surface area contributed by atoms with Gasteiger partial charge in [0, 0.05) is 31.5 Å². The summed E-state index contributed by atoms with van der Waals surface area (Å²) in [6.45, 7) is 5.50. The molecule has 1 saturated heterocycles. The number of ether oxygens (including phenoxy) is 1. The largest absolute Gasteiger partial charge is 0.467 e. The van der Waals surface area contributed by atoms with Crippen LogP contribution in [-0.4, -0.2) is 44.6 Å². The van der Waals surface area contributed by atoms with Crippen molar-refractivity contribution < 1.29 is 22.3 Å². The van der Waals surface area contributed by atoms with Gasteiger partial charge in [0.25, 0.3) is 0 Å². The maximum atomic E-state index is 14.7. The van der Waals surface area contributed by atoms with Gasteiger partial charge in [-0.25, -0.2) is 17.6 Å². The molecule has 0 atom stereocenters. The van der Waals surface area contributed by atoms with Crippen molar-refractivity contribution in [3.05, 3.63) is 60.2 Å². The molecule has 154 valence electrons. The predicted molar refractivity (Wildman–Crippen MR) is 111 cm³/mol. The Hall–Kier alpha value is -2.51. The lowest BCUT2D eigenvalue weighted by atomic mass is 9.95. The Morgan fingerprint density at radius 1 is 1.17 bits per heavy atom. The van der Waals surface area contributed by atoms with Gasteiger partial charge in [0.15, 0.2) is 0 Å². The fourth-order valence-electron chi connectivity index (χ4n) is 3.59. The summed E-state index contributed by atoms with van der Waals surface area (Å²) in [6, 6.07) is 12.6. The quantitative estimate of drug-likeness (QED) is 0.691. The highest BCUT2D eigenvalue weighted by molar-refractivity contribution is 7.89. The van der Waals surface area contributed by atoms with Crippen molar-refractivity contribution in [2.45, 2.75) is 30.3 Å². The first-order chi connectivity index (χ1) is 13.7. The molecule has 1 fully saturated rings. The van der Waals surface area contributed by atoms with Crippen molar-refractivity contribution in [1.29, 1.82) is 0 Å². The van der Waals surface area contributed by atoms with E-state index in [0.29, 0.717) is 5.56 Å². The molecule has 0 N–H and O–H groups in total. The Balaban J connectivity index is 2.01. The van der Waals surface area contributed by atoms with Crippen LogP contribution < -0.4 is 0 Å². The normalized spacial score (nSPS) is 16.9. The molecule has 0 radical (unpaired) electrons. The second-order valence-electron chi connectivity index (χ2n) is 7.14. The first kappa shape index (κ1) is 21.2. The number of methoxy groups -OCH3 is 1. The van der Waals surface area contributed by atoms with Gasteiger partial charge in [-0.05, 0) is 35.7 Å². The van der Waals surface area contributed by atoms with Crippen LogP contribution in [0.5, 0.6) is 0 Å². The van der Waals surface area contributed by atoms with E-state index < -0.39 is 21.7 Å². The molecule has 0 amide bonds. The van der Waals surface area contributed by atoms with Crippen molar-refractivity contribution in [2.24, 2.45) is 0 Å². The van der Waals surface area contributed by atoms with Gasteiger partial charge in [-0.15, -0.1) is 0 Å². The fourth-order valence-corrected chi connectivity index (χ4v) is 5.22. The second-order valence-corrected chi connectivity index (χ2v) is 9.04. The summed E-state index contributed by atoms with van der Waals surface area (Å²) in [5, 5.41) is 0. The minimum absolute atomic E-state index is 0.0929. The molecule has 5 nitrogen and oxygen atoms in total. The third kappa shape index (κ3) is 3.97. The van der Waals surface area contributed by atoms with Crippen LogP contribution in [0.2, 0.25) is 0 Å². The summed E-state index contributed by atoms with van der Waals surface area (Å²) >= 11 is 0. The van der Waals surface area contributed by atoms with Gasteiger partial charge >= 0.3 is 5.97 Å². The molecule has 3 rings (SSSR count). The van der Waals surface area contributed by atoms with Crippen LogP contribution >= 0.6 is 0 Å². The Morgan fingerprint density at radius 2 is 1.83 bits per heavy atom. The lowest BCUT2D eigenvalue weighted by molar-refractivity contribution is -0.157. The zero-order valence-electron chi connectivity index (χ0n) is 16.5. The summed E-state index contributed by atoms with van der Waals surface area (Å²) in [5.41, 5.74) is 0.977. The molecule has 0 aliphatic carbocycles. The average molecular weight is 418 g/mol. The number of rotatable bonds is 5. The maximum Gasteiger partial charge on any atom is 0.343 e. The lowest BCUT2D eigenvalue weighted by Gasteiger charge is -2.34. The molecular formula is C22H24FNO4S. The Morgan fingerprint density at radius 3 is 2.41 bits per heavy atom. The van der Waals surface area contributed by atoms with E-state index in [9.17, 15) is 17.6 Å². The number of esters is 1. The van der Waals surface area contributed by atoms with Gasteiger partial charge in [-0.1, -0.05) is 43.0 Å². The highest BCUT2D eigenvalue weighted by Gasteiger charge is 2.45. The lowest BCUT2D eigenvalue weighted by Crippen LogP contribution is -2.48. The Kier molecular flexibility index (Phi) is 5.91. The van der Waals surface area contributed by atoms with Crippen molar-refractivity contribution in [3.8, 4) is 11.1 Å². The molecule has 1 heterocycles. The van der Waals surface area contributed by atoms with Crippen LogP contribution in [0.3, 0.4) is 0 Å². The summed E-state index contributed by atoms with van der Waals surface area (Å²) in [5.74, 6) is -0.953. The van der Waals surface area contributed by atoms with E-state index in [2.05, 4.69) is 11.3 Å². The van der Waals surface area contributed by atoms with Gasteiger partial charge in [-0.2, -0.15) is 4.31 Å². The van der Waals surface area contributed by atoms with Crippen LogP contribution in [0, 0.1) is 6.92 Å². The number of sulfonamides is 1. The van der Waals surface area contributed by atoms with E-state index in [0.717, 1.165) is 23.8 Å². The molecule has 29 heavy (non-hydrogen) atoms. The number of nitrogens with zero attached hydrogens (tertiary/aromatic N) is 1. The topological polar surface area (TPSA) is 63.7 Å². The molecule has 2 aromatic carbocycles. The van der Waals surface area contributed by atoms with Crippen LogP contribution in [0.1, 0.15) is 24.0 Å². The third-order valence-electron chi connectivity index (χ3n) is 5.36. The van der Waals surface area contributed by atoms with Crippen LogP contribution in [0.25, 0.3) is 17.2 Å². The highest BCUT2D eigenvalue weighted by atomic mass is 32.2.